The third-order valence-electron chi connectivity index (χ3n) is 5.28. The van der Waals surface area contributed by atoms with E-state index in [9.17, 15) is 0 Å². The fraction of sp³-hybridized carbons (Fsp3) is 1.00. The van der Waals surface area contributed by atoms with Crippen LogP contribution in [0.5, 0.6) is 0 Å². The molecule has 17 heavy (non-hydrogen) atoms. The van der Waals surface area contributed by atoms with Crippen molar-refractivity contribution in [2.24, 2.45) is 5.41 Å². The first-order valence-electron chi connectivity index (χ1n) is 7.45. The number of hydrogen-bond donors (Lipinski definition) is 1. The molecule has 0 amide bonds. The zero-order valence-corrected chi connectivity index (χ0v) is 12.1. The summed E-state index contributed by atoms with van der Waals surface area (Å²) in [6.07, 6.45) is 9.86. The highest BCUT2D eigenvalue weighted by Crippen LogP contribution is 2.39. The lowest BCUT2D eigenvalue weighted by Gasteiger charge is -2.49. The Morgan fingerprint density at radius 2 is 1.71 bits per heavy atom. The van der Waals surface area contributed by atoms with Gasteiger partial charge in [0.25, 0.3) is 0 Å². The number of hydrogen-bond acceptors (Lipinski definition) is 2. The van der Waals surface area contributed by atoms with Gasteiger partial charge in [0.2, 0.25) is 0 Å². The second kappa shape index (κ2) is 5.27. The van der Waals surface area contributed by atoms with Gasteiger partial charge in [-0.1, -0.05) is 33.1 Å². The van der Waals surface area contributed by atoms with E-state index in [1.54, 1.807) is 0 Å². The van der Waals surface area contributed by atoms with Crippen molar-refractivity contribution in [1.82, 2.24) is 10.2 Å². The molecule has 2 saturated carbocycles. The third kappa shape index (κ3) is 2.68. The zero-order chi connectivity index (χ0) is 12.5. The molecule has 2 atom stereocenters. The molecule has 0 aromatic heterocycles. The molecule has 0 aromatic carbocycles. The third-order valence-corrected chi connectivity index (χ3v) is 5.28. The smallest absolute Gasteiger partial charge is 0.0271 e. The first kappa shape index (κ1) is 13.4. The lowest BCUT2D eigenvalue weighted by Crippen LogP contribution is -2.58. The molecule has 2 fully saturated rings. The van der Waals surface area contributed by atoms with Crippen LogP contribution in [0.25, 0.3) is 0 Å². The van der Waals surface area contributed by atoms with Gasteiger partial charge in [0.05, 0.1) is 0 Å². The quantitative estimate of drug-likeness (QED) is 0.813. The molecular formula is C15H30N2. The van der Waals surface area contributed by atoms with Crippen LogP contribution in [0.3, 0.4) is 0 Å². The van der Waals surface area contributed by atoms with Crippen LogP contribution >= 0.6 is 0 Å². The fourth-order valence-electron chi connectivity index (χ4n) is 4.21. The molecule has 1 N–H and O–H groups in total. The van der Waals surface area contributed by atoms with E-state index >= 15 is 0 Å². The van der Waals surface area contributed by atoms with Crippen LogP contribution in [-0.4, -0.2) is 37.1 Å². The van der Waals surface area contributed by atoms with Crippen molar-refractivity contribution in [1.29, 1.82) is 0 Å². The largest absolute Gasteiger partial charge is 0.315 e. The Hall–Kier alpha value is -0.0800. The van der Waals surface area contributed by atoms with Gasteiger partial charge < -0.3 is 5.32 Å². The molecule has 0 spiro atoms. The molecular weight excluding hydrogens is 208 g/mol. The number of nitrogens with zero attached hydrogens (tertiary/aromatic N) is 1. The van der Waals surface area contributed by atoms with Crippen molar-refractivity contribution in [3.8, 4) is 0 Å². The number of rotatable bonds is 3. The summed E-state index contributed by atoms with van der Waals surface area (Å²) in [5.74, 6) is 0. The topological polar surface area (TPSA) is 15.3 Å². The Morgan fingerprint density at radius 1 is 1.06 bits per heavy atom. The molecule has 0 aromatic rings. The van der Waals surface area contributed by atoms with Crippen LogP contribution in [0.1, 0.15) is 58.8 Å². The normalized spacial score (nSPS) is 34.4. The highest BCUT2D eigenvalue weighted by atomic mass is 15.2. The predicted molar refractivity (Wildman–Crippen MR) is 74.3 cm³/mol. The summed E-state index contributed by atoms with van der Waals surface area (Å²) in [4.78, 5) is 2.70. The van der Waals surface area contributed by atoms with Gasteiger partial charge in [0, 0.05) is 18.1 Å². The van der Waals surface area contributed by atoms with Gasteiger partial charge in [0.1, 0.15) is 0 Å². The van der Waals surface area contributed by atoms with E-state index in [0.717, 1.165) is 12.1 Å². The molecule has 0 bridgehead atoms. The second-order valence-electron chi connectivity index (χ2n) is 6.82. The Kier molecular flexibility index (Phi) is 4.14. The maximum atomic E-state index is 3.61. The summed E-state index contributed by atoms with van der Waals surface area (Å²) in [5.41, 5.74) is 0.449. The molecule has 0 saturated heterocycles. The molecule has 2 aliphatic carbocycles. The van der Waals surface area contributed by atoms with E-state index in [1.807, 2.05) is 0 Å². The molecule has 0 heterocycles. The summed E-state index contributed by atoms with van der Waals surface area (Å²) in [5, 5.41) is 3.61. The van der Waals surface area contributed by atoms with Crippen LogP contribution in [0.4, 0.5) is 0 Å². The van der Waals surface area contributed by atoms with Crippen molar-refractivity contribution >= 4 is 0 Å². The molecule has 2 heteroatoms. The van der Waals surface area contributed by atoms with E-state index in [2.05, 4.69) is 38.2 Å². The summed E-state index contributed by atoms with van der Waals surface area (Å²) < 4.78 is 0. The fourth-order valence-corrected chi connectivity index (χ4v) is 4.21. The maximum Gasteiger partial charge on any atom is 0.0271 e. The number of nitrogens with one attached hydrogen (secondary N) is 1. The molecule has 2 nitrogen and oxygen atoms in total. The molecule has 0 radical (unpaired) electrons. The molecule has 100 valence electrons. The van der Waals surface area contributed by atoms with Crippen LogP contribution in [0.15, 0.2) is 0 Å². The molecule has 0 aliphatic heterocycles. The average molecular weight is 238 g/mol. The molecule has 2 rings (SSSR count). The zero-order valence-electron chi connectivity index (χ0n) is 12.1. The van der Waals surface area contributed by atoms with Gasteiger partial charge in [0.15, 0.2) is 0 Å². The van der Waals surface area contributed by atoms with Gasteiger partial charge in [-0.3, -0.25) is 4.90 Å². The van der Waals surface area contributed by atoms with E-state index in [0.29, 0.717) is 11.5 Å². The minimum absolute atomic E-state index is 0.449. The Morgan fingerprint density at radius 3 is 2.29 bits per heavy atom. The van der Waals surface area contributed by atoms with Crippen LogP contribution in [-0.2, 0) is 0 Å². The van der Waals surface area contributed by atoms with Crippen molar-refractivity contribution < 1.29 is 0 Å². The Labute approximate surface area is 107 Å². The number of likely N-dealkylation sites (N-methyl/N-ethyl adjacent to an activating group) is 2. The van der Waals surface area contributed by atoms with Crippen molar-refractivity contribution in [2.45, 2.75) is 76.9 Å². The standard InChI is InChI=1S/C15H30N2/c1-15(2)11-7-10-13(14(15)16-3)17(4)12-8-5-6-9-12/h12-14,16H,5-11H2,1-4H3. The van der Waals surface area contributed by atoms with E-state index in [4.69, 9.17) is 0 Å². The summed E-state index contributed by atoms with van der Waals surface area (Å²) in [6, 6.07) is 2.25. The van der Waals surface area contributed by atoms with Crippen molar-refractivity contribution in [3.63, 3.8) is 0 Å². The maximum absolute atomic E-state index is 3.61. The van der Waals surface area contributed by atoms with Crippen molar-refractivity contribution in [2.75, 3.05) is 14.1 Å². The van der Waals surface area contributed by atoms with E-state index in [1.165, 1.54) is 44.9 Å². The summed E-state index contributed by atoms with van der Waals surface area (Å²) >= 11 is 0. The minimum atomic E-state index is 0.449. The van der Waals surface area contributed by atoms with E-state index < -0.39 is 0 Å². The van der Waals surface area contributed by atoms with Gasteiger partial charge in [-0.05, 0) is 45.2 Å². The first-order chi connectivity index (χ1) is 8.06. The summed E-state index contributed by atoms with van der Waals surface area (Å²) in [7, 11) is 4.51. The highest BCUT2D eigenvalue weighted by molar-refractivity contribution is 4.98. The van der Waals surface area contributed by atoms with Crippen LogP contribution < -0.4 is 5.32 Å². The summed E-state index contributed by atoms with van der Waals surface area (Å²) in [6.45, 7) is 4.87. The lowest BCUT2D eigenvalue weighted by atomic mass is 9.70. The average Bonchev–Trinajstić information content (AvgIpc) is 2.80. The molecule has 2 unspecified atom stereocenters. The Balaban J connectivity index is 2.06. The first-order valence-corrected chi connectivity index (χ1v) is 7.45. The van der Waals surface area contributed by atoms with Gasteiger partial charge >= 0.3 is 0 Å². The highest BCUT2D eigenvalue weighted by Gasteiger charge is 2.41. The minimum Gasteiger partial charge on any atom is -0.315 e. The van der Waals surface area contributed by atoms with Crippen LogP contribution in [0, 0.1) is 5.41 Å². The second-order valence-corrected chi connectivity index (χ2v) is 6.82. The van der Waals surface area contributed by atoms with Crippen molar-refractivity contribution in [3.05, 3.63) is 0 Å². The lowest BCUT2D eigenvalue weighted by molar-refractivity contribution is 0.0447. The van der Waals surface area contributed by atoms with Gasteiger partial charge in [-0.15, -0.1) is 0 Å². The van der Waals surface area contributed by atoms with Gasteiger partial charge in [-0.2, -0.15) is 0 Å². The van der Waals surface area contributed by atoms with E-state index in [-0.39, 0.29) is 0 Å². The van der Waals surface area contributed by atoms with Gasteiger partial charge in [-0.25, -0.2) is 0 Å². The predicted octanol–water partition coefficient (Wildman–Crippen LogP) is 3.03. The monoisotopic (exact) mass is 238 g/mol. The van der Waals surface area contributed by atoms with Crippen LogP contribution in [0.2, 0.25) is 0 Å². The molecule has 2 aliphatic rings. The SMILES string of the molecule is CNC1C(N(C)C2CCCC2)CCCC1(C)C. The Bertz CT molecular complexity index is 243.